The fraction of sp³-hybridized carbons (Fsp3) is 0.0625. The maximum Gasteiger partial charge on any atom is 0.0713 e. The number of hydrogen-bond donors (Lipinski definition) is 0. The van der Waals surface area contributed by atoms with Crippen molar-refractivity contribution in [3.63, 3.8) is 0 Å². The first-order chi connectivity index (χ1) is 32.0. The molecular formula is C64H47N. The molecule has 0 saturated heterocycles. The second-order valence-corrected chi connectivity index (χ2v) is 18.0. The monoisotopic (exact) mass is 829 g/mol. The van der Waals surface area contributed by atoms with Crippen LogP contribution >= 0.6 is 0 Å². The summed E-state index contributed by atoms with van der Waals surface area (Å²) >= 11 is 0. The number of benzene rings is 10. The Morgan fingerprint density at radius 3 is 1.45 bits per heavy atom. The van der Waals surface area contributed by atoms with Gasteiger partial charge in [-0.25, -0.2) is 0 Å². The molecule has 2 aliphatic carbocycles. The molecule has 0 atom stereocenters. The van der Waals surface area contributed by atoms with E-state index in [0.29, 0.717) is 0 Å². The Hall–Kier alpha value is -8.00. The first-order valence-electron chi connectivity index (χ1n) is 22.8. The molecule has 0 fully saturated rings. The van der Waals surface area contributed by atoms with Gasteiger partial charge in [-0.1, -0.05) is 232 Å². The summed E-state index contributed by atoms with van der Waals surface area (Å²) in [5.74, 6) is 0. The molecule has 0 radical (unpaired) electrons. The normalized spacial score (nSPS) is 13.6. The van der Waals surface area contributed by atoms with Gasteiger partial charge < -0.3 is 4.90 Å². The SMILES string of the molecule is CC1(C)c2ccccc2-c2ccc(N(c3ccc(-c4cccc5c4-c4ccccc4C5(c4ccccc4)c4ccccc4)cc3)c3ccccc3-c3ccc(-c4ccccc4)cc3)cc21. The van der Waals surface area contributed by atoms with Crippen LogP contribution in [-0.2, 0) is 10.8 Å². The summed E-state index contributed by atoms with van der Waals surface area (Å²) in [7, 11) is 0. The van der Waals surface area contributed by atoms with Crippen LogP contribution in [-0.4, -0.2) is 0 Å². The van der Waals surface area contributed by atoms with Crippen molar-refractivity contribution in [3.8, 4) is 55.6 Å². The van der Waals surface area contributed by atoms with Crippen LogP contribution in [0.1, 0.15) is 47.2 Å². The van der Waals surface area contributed by atoms with Crippen molar-refractivity contribution in [2.75, 3.05) is 4.90 Å². The van der Waals surface area contributed by atoms with Gasteiger partial charge in [0.05, 0.1) is 11.1 Å². The summed E-state index contributed by atoms with van der Waals surface area (Å²) in [6, 6.07) is 91.9. The van der Waals surface area contributed by atoms with Gasteiger partial charge in [0.2, 0.25) is 0 Å². The van der Waals surface area contributed by atoms with Crippen LogP contribution in [0.25, 0.3) is 55.6 Å². The smallest absolute Gasteiger partial charge is 0.0713 e. The lowest BCUT2D eigenvalue weighted by atomic mass is 9.67. The molecule has 1 nitrogen and oxygen atoms in total. The molecular weight excluding hydrogens is 783 g/mol. The predicted octanol–water partition coefficient (Wildman–Crippen LogP) is 16.8. The largest absolute Gasteiger partial charge is 0.310 e. The summed E-state index contributed by atoms with van der Waals surface area (Å²) in [6.07, 6.45) is 0. The van der Waals surface area contributed by atoms with Crippen molar-refractivity contribution in [2.24, 2.45) is 0 Å². The topological polar surface area (TPSA) is 3.24 Å². The fourth-order valence-electron chi connectivity index (χ4n) is 11.2. The van der Waals surface area contributed by atoms with Gasteiger partial charge in [-0.2, -0.15) is 0 Å². The summed E-state index contributed by atoms with van der Waals surface area (Å²) in [4.78, 5) is 2.46. The fourth-order valence-corrected chi connectivity index (χ4v) is 11.2. The molecule has 0 saturated carbocycles. The van der Waals surface area contributed by atoms with Gasteiger partial charge in [0.25, 0.3) is 0 Å². The molecule has 65 heavy (non-hydrogen) atoms. The Bertz CT molecular complexity index is 3320. The first-order valence-corrected chi connectivity index (χ1v) is 22.8. The van der Waals surface area contributed by atoms with Crippen molar-refractivity contribution in [3.05, 3.63) is 282 Å². The lowest BCUT2D eigenvalue weighted by Gasteiger charge is -2.34. The minimum absolute atomic E-state index is 0.136. The molecule has 0 amide bonds. The summed E-state index contributed by atoms with van der Waals surface area (Å²) < 4.78 is 0. The van der Waals surface area contributed by atoms with Gasteiger partial charge in [0.1, 0.15) is 0 Å². The highest BCUT2D eigenvalue weighted by molar-refractivity contribution is 5.97. The Kier molecular flexibility index (Phi) is 9.14. The average Bonchev–Trinajstić information content (AvgIpc) is 3.81. The number of nitrogens with zero attached hydrogens (tertiary/aromatic N) is 1. The van der Waals surface area contributed by atoms with E-state index in [1.54, 1.807) is 0 Å². The number of fused-ring (bicyclic) bond motifs is 6. The van der Waals surface area contributed by atoms with Gasteiger partial charge in [-0.3, -0.25) is 0 Å². The van der Waals surface area contributed by atoms with Gasteiger partial charge in [-0.05, 0) is 114 Å². The molecule has 0 aromatic heterocycles. The van der Waals surface area contributed by atoms with Crippen LogP contribution in [0.15, 0.2) is 249 Å². The molecule has 0 unspecified atom stereocenters. The third kappa shape index (κ3) is 6.07. The number of para-hydroxylation sites is 1. The maximum atomic E-state index is 2.46. The van der Waals surface area contributed by atoms with Crippen molar-refractivity contribution in [2.45, 2.75) is 24.7 Å². The first kappa shape index (κ1) is 38.7. The predicted molar refractivity (Wildman–Crippen MR) is 272 cm³/mol. The van der Waals surface area contributed by atoms with Gasteiger partial charge in [0.15, 0.2) is 0 Å². The van der Waals surface area contributed by atoms with E-state index in [2.05, 4.69) is 267 Å². The second kappa shape index (κ2) is 15.4. The number of hydrogen-bond acceptors (Lipinski definition) is 1. The van der Waals surface area contributed by atoms with Gasteiger partial charge in [-0.15, -0.1) is 0 Å². The minimum Gasteiger partial charge on any atom is -0.310 e. The zero-order valence-corrected chi connectivity index (χ0v) is 36.6. The Balaban J connectivity index is 1.02. The molecule has 0 N–H and O–H groups in total. The summed E-state index contributed by atoms with van der Waals surface area (Å²) in [5.41, 5.74) is 23.1. The second-order valence-electron chi connectivity index (χ2n) is 18.0. The van der Waals surface area contributed by atoms with Gasteiger partial charge in [0, 0.05) is 22.4 Å². The van der Waals surface area contributed by atoms with Crippen molar-refractivity contribution >= 4 is 17.1 Å². The van der Waals surface area contributed by atoms with Crippen molar-refractivity contribution in [1.82, 2.24) is 0 Å². The van der Waals surface area contributed by atoms with E-state index in [1.165, 1.54) is 89.0 Å². The third-order valence-corrected chi connectivity index (χ3v) is 14.2. The molecule has 10 aromatic rings. The molecule has 308 valence electrons. The van der Waals surface area contributed by atoms with Crippen LogP contribution in [0, 0.1) is 0 Å². The molecule has 0 aliphatic heterocycles. The van der Waals surface area contributed by atoms with Crippen LogP contribution < -0.4 is 4.90 Å². The maximum absolute atomic E-state index is 2.46. The van der Waals surface area contributed by atoms with Gasteiger partial charge >= 0.3 is 0 Å². The molecule has 0 spiro atoms. The zero-order valence-electron chi connectivity index (χ0n) is 36.6. The minimum atomic E-state index is -0.453. The molecule has 0 bridgehead atoms. The lowest BCUT2D eigenvalue weighted by molar-refractivity contribution is 0.660. The number of rotatable bonds is 8. The summed E-state index contributed by atoms with van der Waals surface area (Å²) in [6.45, 7) is 4.73. The highest BCUT2D eigenvalue weighted by Gasteiger charge is 2.46. The van der Waals surface area contributed by atoms with E-state index in [4.69, 9.17) is 0 Å². The zero-order chi connectivity index (χ0) is 43.5. The van der Waals surface area contributed by atoms with E-state index in [0.717, 1.165) is 17.1 Å². The van der Waals surface area contributed by atoms with Crippen LogP contribution in [0.3, 0.4) is 0 Å². The quantitative estimate of drug-likeness (QED) is 0.147. The van der Waals surface area contributed by atoms with Crippen molar-refractivity contribution in [1.29, 1.82) is 0 Å². The average molecular weight is 830 g/mol. The van der Waals surface area contributed by atoms with Crippen molar-refractivity contribution < 1.29 is 0 Å². The molecule has 0 heterocycles. The van der Waals surface area contributed by atoms with Crippen LogP contribution in [0.4, 0.5) is 17.1 Å². The third-order valence-electron chi connectivity index (χ3n) is 14.2. The number of anilines is 3. The van der Waals surface area contributed by atoms with E-state index in [1.807, 2.05) is 0 Å². The van der Waals surface area contributed by atoms with E-state index in [-0.39, 0.29) is 5.41 Å². The Morgan fingerprint density at radius 1 is 0.292 bits per heavy atom. The summed E-state index contributed by atoms with van der Waals surface area (Å²) in [5, 5.41) is 0. The molecule has 2 aliphatic rings. The highest BCUT2D eigenvalue weighted by atomic mass is 15.1. The van der Waals surface area contributed by atoms with E-state index in [9.17, 15) is 0 Å². The Labute approximate surface area is 382 Å². The molecule has 12 rings (SSSR count). The van der Waals surface area contributed by atoms with Crippen LogP contribution in [0.2, 0.25) is 0 Å². The molecule has 1 heteroatoms. The van der Waals surface area contributed by atoms with E-state index < -0.39 is 5.41 Å². The highest BCUT2D eigenvalue weighted by Crippen LogP contribution is 2.58. The Morgan fingerprint density at radius 2 is 0.754 bits per heavy atom. The van der Waals surface area contributed by atoms with E-state index >= 15 is 0 Å². The molecule has 10 aromatic carbocycles. The standard InChI is InChI=1S/C64H47N/c1-63(2)57-29-15-12-26-54(57)55-42-41-51(43-60(55)63)65(61-32-17-14-25-52(61)46-35-33-45(34-36-46)44-19-6-3-7-20-44)50-39-37-47(38-40-50)53-28-18-31-59-62(53)56-27-13-16-30-58(56)64(59,48-21-8-4-9-22-48)49-23-10-5-11-24-49/h3-43H,1-2H3. The van der Waals surface area contributed by atoms with Crippen LogP contribution in [0.5, 0.6) is 0 Å². The lowest BCUT2D eigenvalue weighted by Crippen LogP contribution is -2.28.